The van der Waals surface area contributed by atoms with E-state index in [-0.39, 0.29) is 30.8 Å². The highest BCUT2D eigenvalue weighted by molar-refractivity contribution is 5.85. The van der Waals surface area contributed by atoms with Crippen LogP contribution >= 0.6 is 12.4 Å². The fourth-order valence-electron chi connectivity index (χ4n) is 2.36. The highest BCUT2D eigenvalue weighted by atomic mass is 35.5. The van der Waals surface area contributed by atoms with Crippen molar-refractivity contribution in [2.45, 2.75) is 51.7 Å². The maximum Gasteiger partial charge on any atom is 0.416 e. The first kappa shape index (κ1) is 22.7. The van der Waals surface area contributed by atoms with Gasteiger partial charge in [0.25, 0.3) is 0 Å². The molecule has 1 rings (SSSR count). The normalized spacial score (nSPS) is 13.8. The maximum atomic E-state index is 12.7. The zero-order valence-electron chi connectivity index (χ0n) is 14.0. The maximum absolute atomic E-state index is 12.7. The monoisotopic (exact) mass is 366 g/mol. The molecule has 0 saturated carbocycles. The minimum atomic E-state index is -4.37. The number of carbonyl (C=O) groups is 1. The molecule has 0 heterocycles. The molecule has 0 aliphatic heterocycles. The molecule has 0 bridgehead atoms. The van der Waals surface area contributed by atoms with E-state index >= 15 is 0 Å². The lowest BCUT2D eigenvalue weighted by atomic mass is 9.98. The van der Waals surface area contributed by atoms with Crippen molar-refractivity contribution in [3.05, 3.63) is 35.4 Å². The van der Waals surface area contributed by atoms with Crippen molar-refractivity contribution >= 4 is 18.3 Å². The van der Waals surface area contributed by atoms with E-state index in [4.69, 9.17) is 5.73 Å². The summed E-state index contributed by atoms with van der Waals surface area (Å²) >= 11 is 0. The number of nitrogens with one attached hydrogen (secondary N) is 1. The first-order valence-corrected chi connectivity index (χ1v) is 7.94. The average Bonchev–Trinajstić information content (AvgIpc) is 2.50. The Bertz CT molecular complexity index is 509. The van der Waals surface area contributed by atoms with Gasteiger partial charge in [0.15, 0.2) is 0 Å². The van der Waals surface area contributed by atoms with Gasteiger partial charge in [0.05, 0.1) is 5.56 Å². The van der Waals surface area contributed by atoms with Gasteiger partial charge < -0.3 is 11.1 Å². The van der Waals surface area contributed by atoms with Gasteiger partial charge in [-0.1, -0.05) is 44.9 Å². The molecule has 0 aliphatic carbocycles. The van der Waals surface area contributed by atoms with Crippen LogP contribution in [0.1, 0.15) is 44.2 Å². The quantitative estimate of drug-likeness (QED) is 0.732. The van der Waals surface area contributed by atoms with Gasteiger partial charge in [-0.25, -0.2) is 0 Å². The Morgan fingerprint density at radius 3 is 2.54 bits per heavy atom. The van der Waals surface area contributed by atoms with Gasteiger partial charge in [-0.15, -0.1) is 12.4 Å². The Labute approximate surface area is 147 Å². The molecule has 3 N–H and O–H groups in total. The predicted octanol–water partition coefficient (Wildman–Crippen LogP) is 3.94. The van der Waals surface area contributed by atoms with E-state index in [2.05, 4.69) is 12.2 Å². The standard InChI is InChI=1S/C17H25F3N2O.ClH/c1-3-4-8-15(11-21)22-16(23)12(2)9-13-6-5-7-14(10-13)17(18,19)20;/h5-7,10,12,15H,3-4,8-9,11,21H2,1-2H3,(H,22,23);1H. The molecule has 0 radical (unpaired) electrons. The van der Waals surface area contributed by atoms with E-state index in [1.165, 1.54) is 6.07 Å². The summed E-state index contributed by atoms with van der Waals surface area (Å²) in [5, 5.41) is 2.88. The summed E-state index contributed by atoms with van der Waals surface area (Å²) in [5.74, 6) is -0.580. The number of benzene rings is 1. The fraction of sp³-hybridized carbons (Fsp3) is 0.588. The van der Waals surface area contributed by atoms with Crippen LogP contribution in [-0.4, -0.2) is 18.5 Å². The van der Waals surface area contributed by atoms with Gasteiger partial charge in [0.2, 0.25) is 5.91 Å². The zero-order valence-corrected chi connectivity index (χ0v) is 14.8. The van der Waals surface area contributed by atoms with E-state index in [9.17, 15) is 18.0 Å². The van der Waals surface area contributed by atoms with Gasteiger partial charge >= 0.3 is 6.18 Å². The highest BCUT2D eigenvalue weighted by Crippen LogP contribution is 2.30. The van der Waals surface area contributed by atoms with E-state index in [0.29, 0.717) is 12.1 Å². The number of rotatable bonds is 8. The molecule has 1 aromatic carbocycles. The van der Waals surface area contributed by atoms with Crippen molar-refractivity contribution in [2.75, 3.05) is 6.54 Å². The van der Waals surface area contributed by atoms with Gasteiger partial charge in [-0.2, -0.15) is 13.2 Å². The first-order valence-electron chi connectivity index (χ1n) is 7.94. The summed E-state index contributed by atoms with van der Waals surface area (Å²) in [6.45, 7) is 4.14. The third-order valence-electron chi connectivity index (χ3n) is 3.78. The number of hydrogen-bond acceptors (Lipinski definition) is 2. The van der Waals surface area contributed by atoms with Gasteiger partial charge in [0.1, 0.15) is 0 Å². The second kappa shape index (κ2) is 10.6. The lowest BCUT2D eigenvalue weighted by Gasteiger charge is -2.20. The van der Waals surface area contributed by atoms with Crippen LogP contribution in [0.25, 0.3) is 0 Å². The smallest absolute Gasteiger partial charge is 0.352 e. The van der Waals surface area contributed by atoms with E-state index in [1.54, 1.807) is 13.0 Å². The van der Waals surface area contributed by atoms with Crippen molar-refractivity contribution in [3.63, 3.8) is 0 Å². The number of hydrogen-bond donors (Lipinski definition) is 2. The van der Waals surface area contributed by atoms with Crippen molar-refractivity contribution in [1.82, 2.24) is 5.32 Å². The summed E-state index contributed by atoms with van der Waals surface area (Å²) in [6, 6.07) is 5.03. The van der Waals surface area contributed by atoms with Crippen molar-refractivity contribution < 1.29 is 18.0 Å². The molecule has 0 saturated heterocycles. The summed E-state index contributed by atoms with van der Waals surface area (Å²) in [6.07, 6.45) is -1.29. The van der Waals surface area contributed by atoms with Crippen LogP contribution in [0, 0.1) is 5.92 Å². The van der Waals surface area contributed by atoms with Gasteiger partial charge in [0, 0.05) is 18.5 Å². The first-order chi connectivity index (χ1) is 10.8. The van der Waals surface area contributed by atoms with Gasteiger partial charge in [-0.3, -0.25) is 4.79 Å². The number of halogens is 4. The van der Waals surface area contributed by atoms with E-state index in [1.807, 2.05) is 0 Å². The lowest BCUT2D eigenvalue weighted by Crippen LogP contribution is -2.43. The summed E-state index contributed by atoms with van der Waals surface area (Å²) in [7, 11) is 0. The third kappa shape index (κ3) is 7.53. The summed E-state index contributed by atoms with van der Waals surface area (Å²) in [4.78, 5) is 12.2. The summed E-state index contributed by atoms with van der Waals surface area (Å²) in [5.41, 5.74) is 5.45. The van der Waals surface area contributed by atoms with Crippen LogP contribution in [0.5, 0.6) is 0 Å². The third-order valence-corrected chi connectivity index (χ3v) is 3.78. The molecule has 24 heavy (non-hydrogen) atoms. The van der Waals surface area contributed by atoms with Crippen LogP contribution in [-0.2, 0) is 17.4 Å². The number of unbranched alkanes of at least 4 members (excludes halogenated alkanes) is 1. The highest BCUT2D eigenvalue weighted by Gasteiger charge is 2.30. The summed E-state index contributed by atoms with van der Waals surface area (Å²) < 4.78 is 38.1. The molecule has 3 nitrogen and oxygen atoms in total. The lowest BCUT2D eigenvalue weighted by molar-refractivity contribution is -0.137. The van der Waals surface area contributed by atoms with Crippen LogP contribution in [0.3, 0.4) is 0 Å². The van der Waals surface area contributed by atoms with Crippen molar-refractivity contribution in [3.8, 4) is 0 Å². The van der Waals surface area contributed by atoms with Crippen molar-refractivity contribution in [1.29, 1.82) is 0 Å². The largest absolute Gasteiger partial charge is 0.416 e. The molecule has 0 aliphatic rings. The molecule has 138 valence electrons. The topological polar surface area (TPSA) is 55.1 Å². The molecule has 2 unspecified atom stereocenters. The van der Waals surface area contributed by atoms with Crippen LogP contribution in [0.2, 0.25) is 0 Å². The molecule has 0 aromatic heterocycles. The Balaban J connectivity index is 0.00000529. The van der Waals surface area contributed by atoms with E-state index < -0.39 is 17.7 Å². The number of carbonyl (C=O) groups excluding carboxylic acids is 1. The number of alkyl halides is 3. The minimum absolute atomic E-state index is 0. The van der Waals surface area contributed by atoms with Crippen LogP contribution in [0.15, 0.2) is 24.3 Å². The number of amides is 1. The average molecular weight is 367 g/mol. The molecular formula is C17H26ClF3N2O. The van der Waals surface area contributed by atoms with Crippen LogP contribution < -0.4 is 11.1 Å². The number of nitrogens with two attached hydrogens (primary N) is 1. The Hall–Kier alpha value is -1.27. The molecule has 1 amide bonds. The predicted molar refractivity (Wildman–Crippen MR) is 92.1 cm³/mol. The molecule has 0 spiro atoms. The fourth-order valence-corrected chi connectivity index (χ4v) is 2.36. The zero-order chi connectivity index (χ0) is 17.5. The second-order valence-electron chi connectivity index (χ2n) is 5.89. The molecule has 0 fully saturated rings. The van der Waals surface area contributed by atoms with Crippen LogP contribution in [0.4, 0.5) is 13.2 Å². The Morgan fingerprint density at radius 2 is 2.00 bits per heavy atom. The Morgan fingerprint density at radius 1 is 1.33 bits per heavy atom. The van der Waals surface area contributed by atoms with Gasteiger partial charge in [-0.05, 0) is 24.5 Å². The molecule has 2 atom stereocenters. The SMILES string of the molecule is CCCCC(CN)NC(=O)C(C)Cc1cccc(C(F)(F)F)c1.Cl. The second-order valence-corrected chi connectivity index (χ2v) is 5.89. The minimum Gasteiger partial charge on any atom is -0.352 e. The van der Waals surface area contributed by atoms with Crippen molar-refractivity contribution in [2.24, 2.45) is 11.7 Å². The molecule has 7 heteroatoms. The molecule has 1 aromatic rings. The van der Waals surface area contributed by atoms with E-state index in [0.717, 1.165) is 31.4 Å². The Kier molecular flexibility index (Phi) is 10.0. The molecular weight excluding hydrogens is 341 g/mol.